The average Bonchev–Trinajstić information content (AvgIpc) is 2.56. The lowest BCUT2D eigenvalue weighted by molar-refractivity contribution is -0.142. The first-order chi connectivity index (χ1) is 7.79. The zero-order chi connectivity index (χ0) is 13.1. The zero-order valence-corrected chi connectivity index (χ0v) is 10.9. The Morgan fingerprint density at radius 1 is 1.59 bits per heavy atom. The van der Waals surface area contributed by atoms with Crippen molar-refractivity contribution in [2.75, 3.05) is 11.9 Å². The van der Waals surface area contributed by atoms with Gasteiger partial charge in [-0.15, -0.1) is 0 Å². The van der Waals surface area contributed by atoms with Gasteiger partial charge < -0.3 is 15.0 Å². The van der Waals surface area contributed by atoms with Gasteiger partial charge in [-0.1, -0.05) is 20.8 Å². The number of carboxylic acid groups (broad SMARTS) is 1. The molecule has 1 atom stereocenters. The van der Waals surface area contributed by atoms with Crippen molar-refractivity contribution < 1.29 is 9.90 Å². The van der Waals surface area contributed by atoms with Crippen molar-refractivity contribution in [3.05, 3.63) is 12.4 Å². The molecule has 0 spiro atoms. The van der Waals surface area contributed by atoms with E-state index in [1.165, 1.54) is 0 Å². The highest BCUT2D eigenvalue weighted by Gasteiger charge is 2.24. The summed E-state index contributed by atoms with van der Waals surface area (Å²) < 4.78 is 1.83. The van der Waals surface area contributed by atoms with Crippen LogP contribution in [0.1, 0.15) is 27.2 Å². The monoisotopic (exact) mass is 239 g/mol. The van der Waals surface area contributed by atoms with Crippen LogP contribution >= 0.6 is 0 Å². The van der Waals surface area contributed by atoms with Crippen LogP contribution in [0.2, 0.25) is 0 Å². The molecular formula is C12H21N3O2. The minimum Gasteiger partial charge on any atom is -0.481 e. The molecular weight excluding hydrogens is 218 g/mol. The van der Waals surface area contributed by atoms with Gasteiger partial charge in [0.2, 0.25) is 5.95 Å². The molecule has 0 bridgehead atoms. The SMILES string of the molecule is Cn1ccnc1NCC(CC(C)(C)C)C(=O)O. The molecule has 1 rings (SSSR count). The largest absolute Gasteiger partial charge is 0.481 e. The third-order valence-corrected chi connectivity index (χ3v) is 2.54. The fourth-order valence-electron chi connectivity index (χ4n) is 1.74. The molecule has 0 aliphatic heterocycles. The van der Waals surface area contributed by atoms with Crippen molar-refractivity contribution in [3.8, 4) is 0 Å². The minimum atomic E-state index is -0.762. The van der Waals surface area contributed by atoms with Gasteiger partial charge in [-0.3, -0.25) is 4.79 Å². The van der Waals surface area contributed by atoms with Crippen LogP contribution in [-0.2, 0) is 11.8 Å². The second kappa shape index (κ2) is 5.21. The highest BCUT2D eigenvalue weighted by atomic mass is 16.4. The van der Waals surface area contributed by atoms with E-state index in [9.17, 15) is 4.79 Å². The third-order valence-electron chi connectivity index (χ3n) is 2.54. The van der Waals surface area contributed by atoms with Crippen LogP contribution in [0.5, 0.6) is 0 Å². The van der Waals surface area contributed by atoms with Crippen LogP contribution in [0.3, 0.4) is 0 Å². The van der Waals surface area contributed by atoms with E-state index >= 15 is 0 Å². The molecule has 1 aromatic rings. The molecule has 2 N–H and O–H groups in total. The summed E-state index contributed by atoms with van der Waals surface area (Å²) in [5, 5.41) is 12.2. The second-order valence-corrected chi connectivity index (χ2v) is 5.54. The van der Waals surface area contributed by atoms with Gasteiger partial charge in [0, 0.05) is 26.0 Å². The van der Waals surface area contributed by atoms with E-state index in [1.807, 2.05) is 38.6 Å². The number of aryl methyl sites for hydroxylation is 1. The Morgan fingerprint density at radius 3 is 2.65 bits per heavy atom. The quantitative estimate of drug-likeness (QED) is 0.824. The number of aliphatic carboxylic acids is 1. The Balaban J connectivity index is 2.57. The van der Waals surface area contributed by atoms with Crippen molar-refractivity contribution in [1.29, 1.82) is 0 Å². The van der Waals surface area contributed by atoms with Crippen LogP contribution < -0.4 is 5.32 Å². The van der Waals surface area contributed by atoms with E-state index in [-0.39, 0.29) is 5.41 Å². The molecule has 0 radical (unpaired) electrons. The maximum Gasteiger partial charge on any atom is 0.308 e. The summed E-state index contributed by atoms with van der Waals surface area (Å²) >= 11 is 0. The summed E-state index contributed by atoms with van der Waals surface area (Å²) in [4.78, 5) is 15.3. The topological polar surface area (TPSA) is 67.2 Å². The fraction of sp³-hybridized carbons (Fsp3) is 0.667. The number of nitrogens with one attached hydrogen (secondary N) is 1. The Labute approximate surface area is 102 Å². The maximum absolute atomic E-state index is 11.2. The normalized spacial score (nSPS) is 13.4. The molecule has 0 saturated heterocycles. The predicted molar refractivity (Wildman–Crippen MR) is 66.9 cm³/mol. The number of imidazole rings is 1. The van der Waals surface area contributed by atoms with Crippen LogP contribution in [0, 0.1) is 11.3 Å². The van der Waals surface area contributed by atoms with Crippen LogP contribution in [0.15, 0.2) is 12.4 Å². The Morgan fingerprint density at radius 2 is 2.24 bits per heavy atom. The van der Waals surface area contributed by atoms with Crippen molar-refractivity contribution in [2.45, 2.75) is 27.2 Å². The van der Waals surface area contributed by atoms with Crippen molar-refractivity contribution in [2.24, 2.45) is 18.4 Å². The minimum absolute atomic E-state index is 0.00632. The molecule has 5 heteroatoms. The van der Waals surface area contributed by atoms with Crippen LogP contribution in [0.25, 0.3) is 0 Å². The molecule has 0 fully saturated rings. The van der Waals surface area contributed by atoms with Crippen molar-refractivity contribution >= 4 is 11.9 Å². The van der Waals surface area contributed by atoms with Crippen LogP contribution in [-0.4, -0.2) is 27.2 Å². The summed E-state index contributed by atoms with van der Waals surface area (Å²) in [6, 6.07) is 0. The van der Waals surface area contributed by atoms with Crippen molar-refractivity contribution in [1.82, 2.24) is 9.55 Å². The lowest BCUT2D eigenvalue weighted by Gasteiger charge is -2.23. The standard InChI is InChI=1S/C12H21N3O2/c1-12(2,3)7-9(10(16)17)8-14-11-13-5-6-15(11)4/h5-6,9H,7-8H2,1-4H3,(H,13,14)(H,16,17). The Hall–Kier alpha value is -1.52. The van der Waals surface area contributed by atoms with Gasteiger partial charge in [0.1, 0.15) is 0 Å². The molecule has 17 heavy (non-hydrogen) atoms. The summed E-state index contributed by atoms with van der Waals surface area (Å²) in [5.41, 5.74) is 0.00632. The molecule has 5 nitrogen and oxygen atoms in total. The van der Waals surface area contributed by atoms with E-state index in [2.05, 4.69) is 10.3 Å². The van der Waals surface area contributed by atoms with E-state index in [4.69, 9.17) is 5.11 Å². The average molecular weight is 239 g/mol. The van der Waals surface area contributed by atoms with Crippen molar-refractivity contribution in [3.63, 3.8) is 0 Å². The smallest absolute Gasteiger partial charge is 0.308 e. The fourth-order valence-corrected chi connectivity index (χ4v) is 1.74. The molecule has 0 aliphatic rings. The van der Waals surface area contributed by atoms with E-state index in [0.29, 0.717) is 18.9 Å². The number of hydrogen-bond acceptors (Lipinski definition) is 3. The highest BCUT2D eigenvalue weighted by molar-refractivity contribution is 5.70. The van der Waals surface area contributed by atoms with Gasteiger partial charge in [0.15, 0.2) is 0 Å². The van der Waals surface area contributed by atoms with Gasteiger partial charge in [0.05, 0.1) is 5.92 Å². The first kappa shape index (κ1) is 13.5. The summed E-state index contributed by atoms with van der Waals surface area (Å²) in [7, 11) is 1.87. The number of hydrogen-bond donors (Lipinski definition) is 2. The van der Waals surface area contributed by atoms with E-state index in [1.54, 1.807) is 6.20 Å². The van der Waals surface area contributed by atoms with E-state index < -0.39 is 11.9 Å². The highest BCUT2D eigenvalue weighted by Crippen LogP contribution is 2.24. The molecule has 0 amide bonds. The Bertz CT molecular complexity index is 379. The molecule has 1 aromatic heterocycles. The van der Waals surface area contributed by atoms with Gasteiger partial charge >= 0.3 is 5.97 Å². The lowest BCUT2D eigenvalue weighted by atomic mass is 9.84. The van der Waals surface area contributed by atoms with Gasteiger partial charge in [0.25, 0.3) is 0 Å². The summed E-state index contributed by atoms with van der Waals surface area (Å²) in [5.74, 6) is -0.460. The van der Waals surface area contributed by atoms with Gasteiger partial charge in [-0.25, -0.2) is 4.98 Å². The summed E-state index contributed by atoms with van der Waals surface area (Å²) in [6.07, 6.45) is 4.14. The van der Waals surface area contributed by atoms with Gasteiger partial charge in [-0.2, -0.15) is 0 Å². The number of carbonyl (C=O) groups is 1. The first-order valence-corrected chi connectivity index (χ1v) is 5.73. The summed E-state index contributed by atoms with van der Waals surface area (Å²) in [6.45, 7) is 6.54. The number of nitrogens with zero attached hydrogens (tertiary/aromatic N) is 2. The predicted octanol–water partition coefficient (Wildman–Crippen LogP) is 1.97. The van der Waals surface area contributed by atoms with E-state index in [0.717, 1.165) is 0 Å². The number of anilines is 1. The second-order valence-electron chi connectivity index (χ2n) is 5.54. The maximum atomic E-state index is 11.2. The van der Waals surface area contributed by atoms with Crippen LogP contribution in [0.4, 0.5) is 5.95 Å². The number of rotatable bonds is 5. The third kappa shape index (κ3) is 4.46. The molecule has 0 aliphatic carbocycles. The molecule has 1 unspecified atom stereocenters. The number of carboxylic acids is 1. The Kier molecular flexibility index (Phi) is 4.15. The zero-order valence-electron chi connectivity index (χ0n) is 10.9. The van der Waals surface area contributed by atoms with Gasteiger partial charge in [-0.05, 0) is 11.8 Å². The molecule has 0 aromatic carbocycles. The first-order valence-electron chi connectivity index (χ1n) is 5.73. The number of aromatic nitrogens is 2. The molecule has 96 valence electrons. The lowest BCUT2D eigenvalue weighted by Crippen LogP contribution is -2.28. The molecule has 1 heterocycles. The molecule has 0 saturated carbocycles.